The van der Waals surface area contributed by atoms with Crippen molar-refractivity contribution in [3.63, 3.8) is 0 Å². The summed E-state index contributed by atoms with van der Waals surface area (Å²) in [5.41, 5.74) is 9.38. The minimum atomic E-state index is -0.424. The molecular formula is C20H26N4O. The third-order valence-corrected chi connectivity index (χ3v) is 3.92. The topological polar surface area (TPSA) is 79.5 Å². The van der Waals surface area contributed by atoms with E-state index in [0.717, 1.165) is 31.0 Å². The van der Waals surface area contributed by atoms with E-state index in [1.54, 1.807) is 12.1 Å². The van der Waals surface area contributed by atoms with Gasteiger partial charge in [0.05, 0.1) is 6.54 Å². The number of rotatable bonds is 7. The van der Waals surface area contributed by atoms with Crippen LogP contribution in [0.1, 0.15) is 40.9 Å². The molecule has 0 saturated heterocycles. The van der Waals surface area contributed by atoms with E-state index in [1.807, 2.05) is 19.1 Å². The molecule has 2 rings (SSSR count). The van der Waals surface area contributed by atoms with Crippen molar-refractivity contribution in [2.75, 3.05) is 6.54 Å². The number of carbonyl (C=O) groups is 1. The number of hydrogen-bond donors (Lipinski definition) is 3. The largest absolute Gasteiger partial charge is 0.366 e. The number of guanidine groups is 1. The zero-order chi connectivity index (χ0) is 18.1. The molecule has 2 aromatic rings. The van der Waals surface area contributed by atoms with Crippen molar-refractivity contribution < 1.29 is 4.79 Å². The van der Waals surface area contributed by atoms with Crippen LogP contribution in [-0.4, -0.2) is 18.4 Å². The summed E-state index contributed by atoms with van der Waals surface area (Å²) in [4.78, 5) is 15.9. The molecule has 5 nitrogen and oxygen atoms in total. The molecule has 0 aliphatic heterocycles. The van der Waals surface area contributed by atoms with E-state index >= 15 is 0 Å². The maximum absolute atomic E-state index is 11.3. The first-order chi connectivity index (χ1) is 12.1. The van der Waals surface area contributed by atoms with Crippen LogP contribution in [0.3, 0.4) is 0 Å². The lowest BCUT2D eigenvalue weighted by Crippen LogP contribution is -2.37. The number of aryl methyl sites for hydroxylation is 1. The summed E-state index contributed by atoms with van der Waals surface area (Å²) in [6.07, 6.45) is 1.01. The van der Waals surface area contributed by atoms with E-state index in [-0.39, 0.29) is 0 Å². The fourth-order valence-electron chi connectivity index (χ4n) is 2.59. The second kappa shape index (κ2) is 9.47. The fourth-order valence-corrected chi connectivity index (χ4v) is 2.59. The second-order valence-corrected chi connectivity index (χ2v) is 5.74. The number of nitrogens with one attached hydrogen (secondary N) is 2. The van der Waals surface area contributed by atoms with E-state index in [1.165, 1.54) is 11.1 Å². The van der Waals surface area contributed by atoms with Crippen molar-refractivity contribution in [1.82, 2.24) is 10.6 Å². The van der Waals surface area contributed by atoms with Crippen molar-refractivity contribution in [2.45, 2.75) is 33.4 Å². The molecule has 0 unspecified atom stereocenters. The van der Waals surface area contributed by atoms with Gasteiger partial charge in [0, 0.05) is 18.7 Å². The zero-order valence-corrected chi connectivity index (χ0v) is 14.9. The van der Waals surface area contributed by atoms with Crippen molar-refractivity contribution in [3.8, 4) is 0 Å². The number of nitrogens with two attached hydrogens (primary N) is 1. The molecular weight excluding hydrogens is 312 g/mol. The summed E-state index contributed by atoms with van der Waals surface area (Å²) in [6, 6.07) is 15.6. The number of amides is 1. The fraction of sp³-hybridized carbons (Fsp3) is 0.300. The predicted octanol–water partition coefficient (Wildman–Crippen LogP) is 2.60. The summed E-state index contributed by atoms with van der Waals surface area (Å²) >= 11 is 0. The number of benzene rings is 2. The Morgan fingerprint density at radius 2 is 1.80 bits per heavy atom. The minimum Gasteiger partial charge on any atom is -0.366 e. The zero-order valence-electron chi connectivity index (χ0n) is 14.9. The normalized spacial score (nSPS) is 11.2. The highest BCUT2D eigenvalue weighted by molar-refractivity contribution is 5.92. The number of primary amides is 1. The van der Waals surface area contributed by atoms with Gasteiger partial charge in [0.25, 0.3) is 0 Å². The standard InChI is InChI=1S/C20H26N4O/c1-3-16-9-5-6-10-18(16)14-24-20(22-4-2)23-13-15-8-7-11-17(12-15)19(21)25/h5-12H,3-4,13-14H2,1-2H3,(H2,21,25)(H2,22,23,24). The monoisotopic (exact) mass is 338 g/mol. The first kappa shape index (κ1) is 18.5. The molecule has 0 atom stereocenters. The molecule has 0 aliphatic rings. The molecule has 25 heavy (non-hydrogen) atoms. The smallest absolute Gasteiger partial charge is 0.248 e. The summed E-state index contributed by atoms with van der Waals surface area (Å²) in [7, 11) is 0. The molecule has 0 aliphatic carbocycles. The van der Waals surface area contributed by atoms with Gasteiger partial charge in [-0.25, -0.2) is 4.99 Å². The van der Waals surface area contributed by atoms with Crippen LogP contribution in [0.25, 0.3) is 0 Å². The molecule has 0 heterocycles. The molecule has 0 bridgehead atoms. The molecule has 0 fully saturated rings. The van der Waals surface area contributed by atoms with Crippen LogP contribution >= 0.6 is 0 Å². The number of nitrogens with zero attached hydrogens (tertiary/aromatic N) is 1. The van der Waals surface area contributed by atoms with Crippen LogP contribution in [-0.2, 0) is 19.5 Å². The van der Waals surface area contributed by atoms with Crippen LogP contribution in [0.5, 0.6) is 0 Å². The Morgan fingerprint density at radius 3 is 2.48 bits per heavy atom. The number of hydrogen-bond acceptors (Lipinski definition) is 2. The second-order valence-electron chi connectivity index (χ2n) is 5.74. The quantitative estimate of drug-likeness (QED) is 0.536. The maximum Gasteiger partial charge on any atom is 0.248 e. The highest BCUT2D eigenvalue weighted by Crippen LogP contribution is 2.09. The minimum absolute atomic E-state index is 0.424. The van der Waals surface area contributed by atoms with Gasteiger partial charge in [-0.1, -0.05) is 43.3 Å². The van der Waals surface area contributed by atoms with Crippen molar-refractivity contribution in [3.05, 3.63) is 70.8 Å². The summed E-state index contributed by atoms with van der Waals surface area (Å²) in [5.74, 6) is 0.324. The lowest BCUT2D eigenvalue weighted by Gasteiger charge is -2.13. The summed E-state index contributed by atoms with van der Waals surface area (Å²) in [6.45, 7) is 6.17. The van der Waals surface area contributed by atoms with Gasteiger partial charge in [-0.05, 0) is 42.2 Å². The SMILES string of the molecule is CCNC(=NCc1cccc(C(N)=O)c1)NCc1ccccc1CC. The Labute approximate surface area is 149 Å². The van der Waals surface area contributed by atoms with Crippen LogP contribution in [0.15, 0.2) is 53.5 Å². The molecule has 2 aromatic carbocycles. The van der Waals surface area contributed by atoms with Gasteiger partial charge in [-0.3, -0.25) is 4.79 Å². The van der Waals surface area contributed by atoms with Crippen LogP contribution in [0, 0.1) is 0 Å². The molecule has 0 saturated carbocycles. The molecule has 4 N–H and O–H groups in total. The van der Waals surface area contributed by atoms with E-state index in [0.29, 0.717) is 12.1 Å². The molecule has 1 amide bonds. The summed E-state index contributed by atoms with van der Waals surface area (Å²) < 4.78 is 0. The van der Waals surface area contributed by atoms with Gasteiger partial charge in [0.2, 0.25) is 5.91 Å². The average molecular weight is 338 g/mol. The van der Waals surface area contributed by atoms with E-state index in [4.69, 9.17) is 5.73 Å². The first-order valence-electron chi connectivity index (χ1n) is 8.61. The Balaban J connectivity index is 2.05. The number of carbonyl (C=O) groups excluding carboxylic acids is 1. The maximum atomic E-state index is 11.3. The van der Waals surface area contributed by atoms with Gasteiger partial charge in [0.1, 0.15) is 0 Å². The molecule has 0 radical (unpaired) electrons. The molecule has 132 valence electrons. The van der Waals surface area contributed by atoms with Crippen molar-refractivity contribution in [1.29, 1.82) is 0 Å². The first-order valence-corrected chi connectivity index (χ1v) is 8.61. The van der Waals surface area contributed by atoms with Crippen molar-refractivity contribution >= 4 is 11.9 Å². The Bertz CT molecular complexity index is 740. The Kier molecular flexibility index (Phi) is 7.01. The predicted molar refractivity (Wildman–Crippen MR) is 102 cm³/mol. The van der Waals surface area contributed by atoms with Gasteiger partial charge in [-0.2, -0.15) is 0 Å². The van der Waals surface area contributed by atoms with Gasteiger partial charge >= 0.3 is 0 Å². The lowest BCUT2D eigenvalue weighted by atomic mass is 10.1. The molecule has 5 heteroatoms. The van der Waals surface area contributed by atoms with Gasteiger partial charge in [0.15, 0.2) is 5.96 Å². The molecule has 0 spiro atoms. The van der Waals surface area contributed by atoms with Gasteiger partial charge in [-0.15, -0.1) is 0 Å². The Morgan fingerprint density at radius 1 is 1.04 bits per heavy atom. The van der Waals surface area contributed by atoms with E-state index in [2.05, 4.69) is 46.8 Å². The van der Waals surface area contributed by atoms with Crippen molar-refractivity contribution in [2.24, 2.45) is 10.7 Å². The van der Waals surface area contributed by atoms with Crippen LogP contribution < -0.4 is 16.4 Å². The van der Waals surface area contributed by atoms with Crippen LogP contribution in [0.4, 0.5) is 0 Å². The number of aliphatic imine (C=N–C) groups is 1. The lowest BCUT2D eigenvalue weighted by molar-refractivity contribution is 0.1000. The van der Waals surface area contributed by atoms with Gasteiger partial charge < -0.3 is 16.4 Å². The van der Waals surface area contributed by atoms with E-state index < -0.39 is 5.91 Å². The molecule has 0 aromatic heterocycles. The summed E-state index contributed by atoms with van der Waals surface area (Å²) in [5, 5.41) is 6.61. The highest BCUT2D eigenvalue weighted by Gasteiger charge is 2.04. The Hall–Kier alpha value is -2.82. The third kappa shape index (κ3) is 5.64. The highest BCUT2D eigenvalue weighted by atomic mass is 16.1. The van der Waals surface area contributed by atoms with E-state index in [9.17, 15) is 4.79 Å². The average Bonchev–Trinajstić information content (AvgIpc) is 2.64. The van der Waals surface area contributed by atoms with Crippen LogP contribution in [0.2, 0.25) is 0 Å². The third-order valence-electron chi connectivity index (χ3n) is 3.92.